The molecular formula is C18H18N2O4. The van der Waals surface area contributed by atoms with Crippen LogP contribution in [0.2, 0.25) is 0 Å². The van der Waals surface area contributed by atoms with Crippen LogP contribution >= 0.6 is 0 Å². The number of rotatable bonds is 5. The maximum absolute atomic E-state index is 12.3. The highest BCUT2D eigenvalue weighted by Gasteiger charge is 2.18. The fourth-order valence-electron chi connectivity index (χ4n) is 2.71. The predicted octanol–water partition coefficient (Wildman–Crippen LogP) is 3.35. The van der Waals surface area contributed by atoms with Crippen LogP contribution in [0.5, 0.6) is 5.75 Å². The van der Waals surface area contributed by atoms with Gasteiger partial charge in [-0.2, -0.15) is 0 Å². The fraction of sp³-hybridized carbons (Fsp3) is 0.278. The van der Waals surface area contributed by atoms with E-state index in [1.807, 2.05) is 18.2 Å². The standard InChI is InChI=1S/C18H18N2O4/c21-17(12-9-10-15(18(22)23)19-11-12)20-14-7-3-4-8-16(14)24-13-5-1-2-6-13/h3-4,7-11,13H,1-2,5-6H2,(H,20,21)(H,22,23). The van der Waals surface area contributed by atoms with Crippen LogP contribution in [0, 0.1) is 0 Å². The Labute approximate surface area is 139 Å². The van der Waals surface area contributed by atoms with E-state index in [1.54, 1.807) is 6.07 Å². The van der Waals surface area contributed by atoms with Gasteiger partial charge in [-0.05, 0) is 49.9 Å². The Bertz CT molecular complexity index is 737. The van der Waals surface area contributed by atoms with Gasteiger partial charge in [0.15, 0.2) is 0 Å². The van der Waals surface area contributed by atoms with Crippen molar-refractivity contribution in [2.24, 2.45) is 0 Å². The number of carbonyl (C=O) groups is 2. The van der Waals surface area contributed by atoms with Gasteiger partial charge < -0.3 is 15.2 Å². The molecule has 1 saturated carbocycles. The molecule has 1 fully saturated rings. The molecule has 3 rings (SSSR count). The van der Waals surface area contributed by atoms with Crippen molar-refractivity contribution in [2.45, 2.75) is 31.8 Å². The van der Waals surface area contributed by atoms with Crippen LogP contribution in [0.15, 0.2) is 42.6 Å². The summed E-state index contributed by atoms with van der Waals surface area (Å²) < 4.78 is 5.99. The van der Waals surface area contributed by atoms with Crippen molar-refractivity contribution < 1.29 is 19.4 Å². The van der Waals surface area contributed by atoms with Crippen LogP contribution in [-0.4, -0.2) is 28.1 Å². The van der Waals surface area contributed by atoms with Gasteiger partial charge in [-0.15, -0.1) is 0 Å². The minimum absolute atomic E-state index is 0.100. The lowest BCUT2D eigenvalue weighted by atomic mass is 10.2. The number of hydrogen-bond acceptors (Lipinski definition) is 4. The summed E-state index contributed by atoms with van der Waals surface area (Å²) in [5, 5.41) is 11.6. The number of carboxylic acid groups (broad SMARTS) is 1. The van der Waals surface area contributed by atoms with Gasteiger partial charge >= 0.3 is 5.97 Å². The molecule has 24 heavy (non-hydrogen) atoms. The number of para-hydroxylation sites is 2. The summed E-state index contributed by atoms with van der Waals surface area (Å²) in [7, 11) is 0. The van der Waals surface area contributed by atoms with E-state index in [0.717, 1.165) is 12.8 Å². The molecule has 6 nitrogen and oxygen atoms in total. The van der Waals surface area contributed by atoms with Crippen molar-refractivity contribution in [3.63, 3.8) is 0 Å². The predicted molar refractivity (Wildman–Crippen MR) is 88.5 cm³/mol. The number of carboxylic acids is 1. The zero-order chi connectivity index (χ0) is 16.9. The van der Waals surface area contributed by atoms with Crippen molar-refractivity contribution >= 4 is 17.6 Å². The highest BCUT2D eigenvalue weighted by Crippen LogP contribution is 2.29. The quantitative estimate of drug-likeness (QED) is 0.879. The van der Waals surface area contributed by atoms with Gasteiger partial charge in [0.25, 0.3) is 5.91 Å². The van der Waals surface area contributed by atoms with E-state index in [1.165, 1.54) is 31.2 Å². The Balaban J connectivity index is 1.72. The molecule has 2 N–H and O–H groups in total. The number of anilines is 1. The summed E-state index contributed by atoms with van der Waals surface area (Å²) in [5.74, 6) is -0.841. The third-order valence-corrected chi connectivity index (χ3v) is 3.98. The number of nitrogens with zero attached hydrogens (tertiary/aromatic N) is 1. The molecule has 1 aromatic carbocycles. The normalized spacial score (nSPS) is 14.3. The number of amides is 1. The molecule has 0 aliphatic heterocycles. The monoisotopic (exact) mass is 326 g/mol. The minimum Gasteiger partial charge on any atom is -0.488 e. The van der Waals surface area contributed by atoms with Crippen LogP contribution in [0.3, 0.4) is 0 Å². The van der Waals surface area contributed by atoms with Crippen molar-refractivity contribution in [1.29, 1.82) is 0 Å². The lowest BCUT2D eigenvalue weighted by Crippen LogP contribution is -2.16. The SMILES string of the molecule is O=C(Nc1ccccc1OC1CCCC1)c1ccc(C(=O)O)nc1. The van der Waals surface area contributed by atoms with Gasteiger partial charge in [-0.1, -0.05) is 12.1 Å². The first-order chi connectivity index (χ1) is 11.6. The summed E-state index contributed by atoms with van der Waals surface area (Å²) in [6.45, 7) is 0. The second-order valence-corrected chi connectivity index (χ2v) is 5.71. The molecule has 1 amide bonds. The number of benzene rings is 1. The molecule has 0 unspecified atom stereocenters. The highest BCUT2D eigenvalue weighted by molar-refractivity contribution is 6.05. The molecule has 1 aliphatic carbocycles. The van der Waals surface area contributed by atoms with E-state index in [4.69, 9.17) is 9.84 Å². The van der Waals surface area contributed by atoms with Gasteiger partial charge in [-0.3, -0.25) is 4.79 Å². The van der Waals surface area contributed by atoms with E-state index in [0.29, 0.717) is 11.4 Å². The molecule has 0 atom stereocenters. The maximum atomic E-state index is 12.3. The van der Waals surface area contributed by atoms with Crippen LogP contribution in [0.25, 0.3) is 0 Å². The van der Waals surface area contributed by atoms with Gasteiger partial charge in [0.1, 0.15) is 11.4 Å². The minimum atomic E-state index is -1.13. The van der Waals surface area contributed by atoms with E-state index in [2.05, 4.69) is 10.3 Å². The summed E-state index contributed by atoms with van der Waals surface area (Å²) in [5.41, 5.74) is 0.781. The van der Waals surface area contributed by atoms with Crippen molar-refractivity contribution in [3.8, 4) is 5.75 Å². The van der Waals surface area contributed by atoms with Gasteiger partial charge in [0.2, 0.25) is 0 Å². The molecule has 0 bridgehead atoms. The second-order valence-electron chi connectivity index (χ2n) is 5.71. The van der Waals surface area contributed by atoms with E-state index in [-0.39, 0.29) is 23.3 Å². The number of nitrogens with one attached hydrogen (secondary N) is 1. The fourth-order valence-corrected chi connectivity index (χ4v) is 2.71. The second kappa shape index (κ2) is 7.12. The summed E-state index contributed by atoms with van der Waals surface area (Å²) in [6, 6.07) is 10.0. The smallest absolute Gasteiger partial charge is 0.354 e. The average Bonchev–Trinajstić information content (AvgIpc) is 3.10. The van der Waals surface area contributed by atoms with Crippen LogP contribution in [0.1, 0.15) is 46.5 Å². The summed E-state index contributed by atoms with van der Waals surface area (Å²) in [4.78, 5) is 26.9. The average molecular weight is 326 g/mol. The molecule has 0 spiro atoms. The lowest BCUT2D eigenvalue weighted by Gasteiger charge is -2.16. The number of hydrogen-bond donors (Lipinski definition) is 2. The maximum Gasteiger partial charge on any atom is 0.354 e. The number of aromatic carboxylic acids is 1. The molecule has 1 aromatic heterocycles. The van der Waals surface area contributed by atoms with Crippen LogP contribution in [0.4, 0.5) is 5.69 Å². The Kier molecular flexibility index (Phi) is 4.74. The molecule has 124 valence electrons. The van der Waals surface area contributed by atoms with Crippen molar-refractivity contribution in [1.82, 2.24) is 4.98 Å². The summed E-state index contributed by atoms with van der Waals surface area (Å²) in [6.07, 6.45) is 5.84. The first kappa shape index (κ1) is 16.0. The first-order valence-corrected chi connectivity index (χ1v) is 7.90. The molecule has 0 saturated heterocycles. The number of carbonyl (C=O) groups excluding carboxylic acids is 1. The lowest BCUT2D eigenvalue weighted by molar-refractivity contribution is 0.0690. The Hall–Kier alpha value is -2.89. The third kappa shape index (κ3) is 3.71. The number of aromatic nitrogens is 1. The van der Waals surface area contributed by atoms with Crippen molar-refractivity contribution in [2.75, 3.05) is 5.32 Å². The number of ether oxygens (including phenoxy) is 1. The molecule has 2 aromatic rings. The van der Waals surface area contributed by atoms with Gasteiger partial charge in [0, 0.05) is 6.20 Å². The molecular weight excluding hydrogens is 308 g/mol. The molecule has 1 heterocycles. The highest BCUT2D eigenvalue weighted by atomic mass is 16.5. The van der Waals surface area contributed by atoms with Gasteiger partial charge in [-0.25, -0.2) is 9.78 Å². The van der Waals surface area contributed by atoms with Crippen molar-refractivity contribution in [3.05, 3.63) is 53.9 Å². The van der Waals surface area contributed by atoms with Crippen LogP contribution < -0.4 is 10.1 Å². The topological polar surface area (TPSA) is 88.5 Å². The molecule has 6 heteroatoms. The third-order valence-electron chi connectivity index (χ3n) is 3.98. The van der Waals surface area contributed by atoms with Crippen LogP contribution in [-0.2, 0) is 0 Å². The van der Waals surface area contributed by atoms with E-state index >= 15 is 0 Å². The first-order valence-electron chi connectivity index (χ1n) is 7.90. The molecule has 0 radical (unpaired) electrons. The largest absolute Gasteiger partial charge is 0.488 e. The number of pyridine rings is 1. The molecule has 1 aliphatic rings. The van der Waals surface area contributed by atoms with E-state index in [9.17, 15) is 9.59 Å². The van der Waals surface area contributed by atoms with Gasteiger partial charge in [0.05, 0.1) is 17.4 Å². The zero-order valence-corrected chi connectivity index (χ0v) is 13.1. The summed E-state index contributed by atoms with van der Waals surface area (Å²) >= 11 is 0. The Morgan fingerprint density at radius 2 is 1.88 bits per heavy atom. The van der Waals surface area contributed by atoms with E-state index < -0.39 is 5.97 Å². The Morgan fingerprint density at radius 3 is 2.54 bits per heavy atom. The Morgan fingerprint density at radius 1 is 1.12 bits per heavy atom. The zero-order valence-electron chi connectivity index (χ0n) is 13.1.